The van der Waals surface area contributed by atoms with Crippen molar-refractivity contribution in [3.63, 3.8) is 0 Å². The molecular formula is C14H14BrClFNO2. The highest BCUT2D eigenvalue weighted by Crippen LogP contribution is 2.37. The number of carbonyl (C=O) groups is 2. The molecule has 0 aromatic heterocycles. The van der Waals surface area contributed by atoms with Crippen LogP contribution in [0.1, 0.15) is 36.0 Å². The van der Waals surface area contributed by atoms with Crippen LogP contribution in [-0.2, 0) is 4.79 Å². The second-order valence-corrected chi connectivity index (χ2v) is 5.91. The number of ketones is 1. The van der Waals surface area contributed by atoms with E-state index in [0.29, 0.717) is 22.6 Å². The van der Waals surface area contributed by atoms with Gasteiger partial charge < -0.3 is 4.90 Å². The fourth-order valence-electron chi connectivity index (χ4n) is 2.28. The highest BCUT2D eigenvalue weighted by molar-refractivity contribution is 9.10. The number of nitrogens with zero attached hydrogens (tertiary/aromatic N) is 1. The smallest absolute Gasteiger partial charge is 0.299 e. The van der Waals surface area contributed by atoms with E-state index < -0.39 is 17.5 Å². The maximum absolute atomic E-state index is 13.3. The molecule has 3 nitrogen and oxygen atoms in total. The predicted octanol–water partition coefficient (Wildman–Crippen LogP) is 3.92. The average Bonchev–Trinajstić information content (AvgIpc) is 2.64. The molecule has 20 heavy (non-hydrogen) atoms. The van der Waals surface area contributed by atoms with Crippen LogP contribution in [-0.4, -0.2) is 24.1 Å². The zero-order valence-corrected chi connectivity index (χ0v) is 13.1. The van der Waals surface area contributed by atoms with Gasteiger partial charge in [-0.3, -0.25) is 9.59 Å². The molecule has 1 heterocycles. The number of hydrogen-bond acceptors (Lipinski definition) is 2. The third-order valence-electron chi connectivity index (χ3n) is 3.25. The fourth-order valence-corrected chi connectivity index (χ4v) is 3.12. The largest absolute Gasteiger partial charge is 0.304 e. The van der Waals surface area contributed by atoms with Gasteiger partial charge in [-0.1, -0.05) is 12.8 Å². The van der Waals surface area contributed by atoms with E-state index in [9.17, 15) is 14.0 Å². The lowest BCUT2D eigenvalue weighted by Gasteiger charge is -2.17. The van der Waals surface area contributed by atoms with Gasteiger partial charge in [0.1, 0.15) is 5.82 Å². The summed E-state index contributed by atoms with van der Waals surface area (Å²) in [6.07, 6.45) is 3.68. The molecule has 1 aliphatic heterocycles. The van der Waals surface area contributed by atoms with Crippen LogP contribution in [0.15, 0.2) is 16.6 Å². The third kappa shape index (κ3) is 3.04. The number of anilines is 1. The van der Waals surface area contributed by atoms with E-state index in [1.54, 1.807) is 0 Å². The summed E-state index contributed by atoms with van der Waals surface area (Å²) in [5.41, 5.74) is 0.626. The van der Waals surface area contributed by atoms with Crippen molar-refractivity contribution in [2.45, 2.75) is 25.7 Å². The Balaban J connectivity index is 2.12. The number of fused-ring (bicyclic) bond motifs is 1. The molecule has 1 aromatic rings. The lowest BCUT2D eigenvalue weighted by molar-refractivity contribution is -0.114. The first-order valence-electron chi connectivity index (χ1n) is 6.47. The van der Waals surface area contributed by atoms with Gasteiger partial charge in [-0.15, -0.1) is 11.6 Å². The number of unbranched alkanes of at least 4 members (excludes halogenated alkanes) is 3. The number of amides is 1. The molecule has 1 amide bonds. The average molecular weight is 363 g/mol. The van der Waals surface area contributed by atoms with Gasteiger partial charge in [0.15, 0.2) is 0 Å². The molecule has 0 unspecified atom stereocenters. The lowest BCUT2D eigenvalue weighted by Crippen LogP contribution is -2.30. The van der Waals surface area contributed by atoms with Gasteiger partial charge in [-0.05, 0) is 40.9 Å². The van der Waals surface area contributed by atoms with Gasteiger partial charge >= 0.3 is 0 Å². The van der Waals surface area contributed by atoms with Crippen molar-refractivity contribution in [1.29, 1.82) is 0 Å². The summed E-state index contributed by atoms with van der Waals surface area (Å²) in [5, 5.41) is 0. The van der Waals surface area contributed by atoms with Gasteiger partial charge in [0, 0.05) is 16.9 Å². The number of Topliss-reactive ketones (excluding diaryl/α,β-unsaturated/α-hetero) is 1. The predicted molar refractivity (Wildman–Crippen MR) is 80.0 cm³/mol. The Hall–Kier alpha value is -0.940. The van der Waals surface area contributed by atoms with Crippen LogP contribution in [0.25, 0.3) is 0 Å². The van der Waals surface area contributed by atoms with E-state index in [0.717, 1.165) is 31.7 Å². The van der Waals surface area contributed by atoms with Crippen molar-refractivity contribution in [3.8, 4) is 0 Å². The van der Waals surface area contributed by atoms with Crippen molar-refractivity contribution in [1.82, 2.24) is 0 Å². The standard InChI is InChI=1S/C14H14BrClFNO2/c15-11-8-9(17)7-10-12(11)18(14(20)13(10)19)6-4-2-1-3-5-16/h7-8H,1-6H2. The Kier molecular flexibility index (Phi) is 5.16. The molecule has 0 radical (unpaired) electrons. The molecule has 1 aliphatic rings. The zero-order chi connectivity index (χ0) is 14.7. The van der Waals surface area contributed by atoms with E-state index in [4.69, 9.17) is 11.6 Å². The summed E-state index contributed by atoms with van der Waals surface area (Å²) in [6.45, 7) is 0.462. The number of hydrogen-bond donors (Lipinski definition) is 0. The summed E-state index contributed by atoms with van der Waals surface area (Å²) in [7, 11) is 0. The summed E-state index contributed by atoms with van der Waals surface area (Å²) in [4.78, 5) is 25.2. The monoisotopic (exact) mass is 361 g/mol. The van der Waals surface area contributed by atoms with E-state index in [-0.39, 0.29) is 5.56 Å². The van der Waals surface area contributed by atoms with Crippen LogP contribution in [0.3, 0.4) is 0 Å². The molecule has 6 heteroatoms. The summed E-state index contributed by atoms with van der Waals surface area (Å²) in [6, 6.07) is 2.39. The van der Waals surface area contributed by atoms with E-state index in [1.165, 1.54) is 11.0 Å². The van der Waals surface area contributed by atoms with Crippen LogP contribution in [0.2, 0.25) is 0 Å². The Morgan fingerprint density at radius 1 is 1.15 bits per heavy atom. The van der Waals surface area contributed by atoms with E-state index in [2.05, 4.69) is 15.9 Å². The fraction of sp³-hybridized carbons (Fsp3) is 0.429. The normalized spacial score (nSPS) is 14.1. The van der Waals surface area contributed by atoms with Crippen LogP contribution in [0.4, 0.5) is 10.1 Å². The second kappa shape index (κ2) is 6.68. The van der Waals surface area contributed by atoms with Crippen molar-refractivity contribution >= 4 is 44.9 Å². The molecule has 0 atom stereocenters. The Morgan fingerprint density at radius 2 is 1.85 bits per heavy atom. The molecular weight excluding hydrogens is 349 g/mol. The first-order valence-corrected chi connectivity index (χ1v) is 7.80. The number of carbonyl (C=O) groups excluding carboxylic acids is 2. The van der Waals surface area contributed by atoms with E-state index >= 15 is 0 Å². The first kappa shape index (κ1) is 15.4. The first-order chi connectivity index (χ1) is 9.56. The van der Waals surface area contributed by atoms with Gasteiger partial charge in [0.05, 0.1) is 11.3 Å². The SMILES string of the molecule is O=C1C(=O)N(CCCCCCCl)c2c(Br)cc(F)cc21. The summed E-state index contributed by atoms with van der Waals surface area (Å²) >= 11 is 8.83. The minimum atomic E-state index is -0.638. The number of alkyl halides is 1. The minimum Gasteiger partial charge on any atom is -0.304 e. The van der Waals surface area contributed by atoms with Crippen LogP contribution in [0, 0.1) is 5.82 Å². The molecule has 0 N–H and O–H groups in total. The van der Waals surface area contributed by atoms with Crippen LogP contribution in [0.5, 0.6) is 0 Å². The Bertz CT molecular complexity index is 550. The van der Waals surface area contributed by atoms with E-state index in [1.807, 2.05) is 0 Å². The summed E-state index contributed by atoms with van der Waals surface area (Å²) < 4.78 is 13.8. The number of rotatable bonds is 6. The molecule has 2 rings (SSSR count). The zero-order valence-electron chi connectivity index (χ0n) is 10.8. The second-order valence-electron chi connectivity index (χ2n) is 4.67. The minimum absolute atomic E-state index is 0.141. The van der Waals surface area contributed by atoms with Gasteiger partial charge in [-0.2, -0.15) is 0 Å². The van der Waals surface area contributed by atoms with Gasteiger partial charge in [0.2, 0.25) is 0 Å². The molecule has 0 saturated carbocycles. The number of benzene rings is 1. The lowest BCUT2D eigenvalue weighted by atomic mass is 10.1. The molecule has 0 aliphatic carbocycles. The topological polar surface area (TPSA) is 37.4 Å². The maximum Gasteiger partial charge on any atom is 0.299 e. The third-order valence-corrected chi connectivity index (χ3v) is 4.12. The maximum atomic E-state index is 13.3. The van der Waals surface area contributed by atoms with Gasteiger partial charge in [-0.25, -0.2) is 4.39 Å². The van der Waals surface area contributed by atoms with Gasteiger partial charge in [0.25, 0.3) is 11.7 Å². The van der Waals surface area contributed by atoms with Crippen molar-refractivity contribution < 1.29 is 14.0 Å². The van der Waals surface area contributed by atoms with Crippen molar-refractivity contribution in [3.05, 3.63) is 28.0 Å². The Morgan fingerprint density at radius 3 is 2.55 bits per heavy atom. The molecule has 0 bridgehead atoms. The van der Waals surface area contributed by atoms with Crippen LogP contribution >= 0.6 is 27.5 Å². The van der Waals surface area contributed by atoms with Crippen molar-refractivity contribution in [2.24, 2.45) is 0 Å². The highest BCUT2D eigenvalue weighted by Gasteiger charge is 2.37. The molecule has 1 aromatic carbocycles. The number of halogens is 3. The van der Waals surface area contributed by atoms with Crippen LogP contribution < -0.4 is 4.90 Å². The Labute approximate surface area is 130 Å². The molecule has 0 fully saturated rings. The van der Waals surface area contributed by atoms with Crippen molar-refractivity contribution in [2.75, 3.05) is 17.3 Å². The highest BCUT2D eigenvalue weighted by atomic mass is 79.9. The summed E-state index contributed by atoms with van der Waals surface area (Å²) in [5.74, 6) is -1.11. The quantitative estimate of drug-likeness (QED) is 0.437. The molecule has 0 spiro atoms. The molecule has 108 valence electrons. The molecule has 0 saturated heterocycles.